The summed E-state index contributed by atoms with van der Waals surface area (Å²) in [6, 6.07) is 13.8. The lowest BCUT2D eigenvalue weighted by Crippen LogP contribution is -2.42. The van der Waals surface area contributed by atoms with E-state index in [1.165, 1.54) is 4.31 Å². The molecule has 0 saturated heterocycles. The maximum Gasteiger partial charge on any atom is 0.264 e. The predicted octanol–water partition coefficient (Wildman–Crippen LogP) is 4.83. The van der Waals surface area contributed by atoms with E-state index in [0.29, 0.717) is 18.2 Å². The summed E-state index contributed by atoms with van der Waals surface area (Å²) < 4.78 is 28.1. The molecule has 5 nitrogen and oxygen atoms in total. The Morgan fingerprint density at radius 3 is 2.37 bits per heavy atom. The molecule has 1 N–H and O–H groups in total. The van der Waals surface area contributed by atoms with Gasteiger partial charge in [0.1, 0.15) is 6.54 Å². The highest BCUT2D eigenvalue weighted by Crippen LogP contribution is 2.28. The van der Waals surface area contributed by atoms with Crippen LogP contribution < -0.4 is 9.62 Å². The Balaban J connectivity index is 2.29. The smallest absolute Gasteiger partial charge is 0.264 e. The number of sulfonamides is 1. The van der Waals surface area contributed by atoms with Gasteiger partial charge in [-0.1, -0.05) is 63.4 Å². The molecule has 6 heteroatoms. The minimum atomic E-state index is -3.87. The number of aryl methyl sites for hydroxylation is 1. The molecule has 2 aromatic carbocycles. The third-order valence-electron chi connectivity index (χ3n) is 5.59. The SMILES string of the molecule is CCCCC(CC)CNC(=O)CN(c1cccc(C)c1C)S(=O)(=O)c1ccccc1. The summed E-state index contributed by atoms with van der Waals surface area (Å²) in [5, 5.41) is 2.96. The standard InChI is InChI=1S/C24H34N2O3S/c1-5-7-13-21(6-2)17-25-24(27)18-26(23-16-11-12-19(3)20(23)4)30(28,29)22-14-9-8-10-15-22/h8-12,14-16,21H,5-7,13,17-18H2,1-4H3,(H,25,27). The van der Waals surface area contributed by atoms with Crippen molar-refractivity contribution in [3.63, 3.8) is 0 Å². The summed E-state index contributed by atoms with van der Waals surface area (Å²) in [6.07, 6.45) is 4.31. The number of rotatable bonds is 11. The lowest BCUT2D eigenvalue weighted by molar-refractivity contribution is -0.119. The molecule has 0 saturated carbocycles. The van der Waals surface area contributed by atoms with Crippen LogP contribution in [0.15, 0.2) is 53.4 Å². The van der Waals surface area contributed by atoms with Crippen LogP contribution in [-0.4, -0.2) is 27.4 Å². The van der Waals surface area contributed by atoms with Crippen molar-refractivity contribution in [3.05, 3.63) is 59.7 Å². The van der Waals surface area contributed by atoms with Gasteiger partial charge in [-0.3, -0.25) is 9.10 Å². The maximum atomic E-state index is 13.4. The van der Waals surface area contributed by atoms with Gasteiger partial charge in [0, 0.05) is 6.54 Å². The molecule has 1 amide bonds. The van der Waals surface area contributed by atoms with Crippen molar-refractivity contribution in [2.75, 3.05) is 17.4 Å². The molecule has 164 valence electrons. The number of benzene rings is 2. The molecule has 2 rings (SSSR count). The molecular weight excluding hydrogens is 396 g/mol. The predicted molar refractivity (Wildman–Crippen MR) is 123 cm³/mol. The first-order valence-electron chi connectivity index (χ1n) is 10.7. The summed E-state index contributed by atoms with van der Waals surface area (Å²) in [7, 11) is -3.87. The number of carbonyl (C=O) groups is 1. The van der Waals surface area contributed by atoms with E-state index < -0.39 is 10.0 Å². The van der Waals surface area contributed by atoms with Gasteiger partial charge in [-0.25, -0.2) is 8.42 Å². The van der Waals surface area contributed by atoms with Gasteiger partial charge in [0.25, 0.3) is 10.0 Å². The van der Waals surface area contributed by atoms with E-state index in [-0.39, 0.29) is 17.3 Å². The van der Waals surface area contributed by atoms with Crippen LogP contribution in [0.3, 0.4) is 0 Å². The fourth-order valence-electron chi connectivity index (χ4n) is 3.41. The average Bonchev–Trinajstić information content (AvgIpc) is 2.75. The number of nitrogens with zero attached hydrogens (tertiary/aromatic N) is 1. The van der Waals surface area contributed by atoms with Crippen molar-refractivity contribution >= 4 is 21.6 Å². The quantitative estimate of drug-likeness (QED) is 0.555. The molecule has 0 radical (unpaired) electrons. The normalized spacial score (nSPS) is 12.4. The minimum Gasteiger partial charge on any atom is -0.354 e. The Morgan fingerprint density at radius 2 is 1.73 bits per heavy atom. The summed E-state index contributed by atoms with van der Waals surface area (Å²) in [5.41, 5.74) is 2.36. The van der Waals surface area contributed by atoms with E-state index in [0.717, 1.165) is 36.8 Å². The second kappa shape index (κ2) is 11.2. The molecule has 0 spiro atoms. The molecule has 1 atom stereocenters. The van der Waals surface area contributed by atoms with E-state index in [9.17, 15) is 13.2 Å². The van der Waals surface area contributed by atoms with E-state index in [2.05, 4.69) is 19.2 Å². The number of hydrogen-bond donors (Lipinski definition) is 1. The van der Waals surface area contributed by atoms with Crippen molar-refractivity contribution in [2.24, 2.45) is 5.92 Å². The van der Waals surface area contributed by atoms with Gasteiger partial charge in [-0.2, -0.15) is 0 Å². The summed E-state index contributed by atoms with van der Waals surface area (Å²) in [5.74, 6) is 0.124. The van der Waals surface area contributed by atoms with Crippen molar-refractivity contribution in [3.8, 4) is 0 Å². The zero-order valence-electron chi connectivity index (χ0n) is 18.5. The number of nitrogens with one attached hydrogen (secondary N) is 1. The van der Waals surface area contributed by atoms with Crippen molar-refractivity contribution < 1.29 is 13.2 Å². The summed E-state index contributed by atoms with van der Waals surface area (Å²) >= 11 is 0. The summed E-state index contributed by atoms with van der Waals surface area (Å²) in [6.45, 7) is 8.42. The number of unbranched alkanes of at least 4 members (excludes halogenated alkanes) is 1. The maximum absolute atomic E-state index is 13.4. The lowest BCUT2D eigenvalue weighted by Gasteiger charge is -2.26. The van der Waals surface area contributed by atoms with Crippen LogP contribution in [0.4, 0.5) is 5.69 Å². The number of anilines is 1. The molecule has 0 aliphatic carbocycles. The number of hydrogen-bond acceptors (Lipinski definition) is 3. The van der Waals surface area contributed by atoms with Gasteiger partial charge < -0.3 is 5.32 Å². The monoisotopic (exact) mass is 430 g/mol. The number of carbonyl (C=O) groups excluding carboxylic acids is 1. The third-order valence-corrected chi connectivity index (χ3v) is 7.37. The minimum absolute atomic E-state index is 0.174. The van der Waals surface area contributed by atoms with E-state index in [4.69, 9.17) is 0 Å². The molecule has 0 fully saturated rings. The molecule has 0 aliphatic heterocycles. The first-order valence-corrected chi connectivity index (χ1v) is 12.2. The molecule has 1 unspecified atom stereocenters. The molecule has 0 bridgehead atoms. The zero-order valence-corrected chi connectivity index (χ0v) is 19.3. The Morgan fingerprint density at radius 1 is 1.03 bits per heavy atom. The first-order chi connectivity index (χ1) is 14.3. The van der Waals surface area contributed by atoms with Crippen LogP contribution in [-0.2, 0) is 14.8 Å². The van der Waals surface area contributed by atoms with Gasteiger partial charge >= 0.3 is 0 Å². The molecule has 30 heavy (non-hydrogen) atoms. The molecule has 0 aromatic heterocycles. The zero-order chi connectivity index (χ0) is 22.1. The fraction of sp³-hybridized carbons (Fsp3) is 0.458. The fourth-order valence-corrected chi connectivity index (χ4v) is 4.91. The van der Waals surface area contributed by atoms with E-state index >= 15 is 0 Å². The van der Waals surface area contributed by atoms with E-state index in [1.54, 1.807) is 36.4 Å². The van der Waals surface area contributed by atoms with Crippen LogP contribution in [0.2, 0.25) is 0 Å². The van der Waals surface area contributed by atoms with E-state index in [1.807, 2.05) is 26.0 Å². The molecule has 0 aliphatic rings. The van der Waals surface area contributed by atoms with Crippen LogP contribution in [0.1, 0.15) is 50.7 Å². The van der Waals surface area contributed by atoms with Crippen LogP contribution in [0.5, 0.6) is 0 Å². The van der Waals surface area contributed by atoms with Gasteiger partial charge in [0.2, 0.25) is 5.91 Å². The Kier molecular flexibility index (Phi) is 8.90. The average molecular weight is 431 g/mol. The third kappa shape index (κ3) is 6.08. The Hall–Kier alpha value is -2.34. The highest BCUT2D eigenvalue weighted by molar-refractivity contribution is 7.92. The van der Waals surface area contributed by atoms with Crippen molar-refractivity contribution in [1.82, 2.24) is 5.32 Å². The van der Waals surface area contributed by atoms with Crippen molar-refractivity contribution in [2.45, 2.75) is 58.3 Å². The lowest BCUT2D eigenvalue weighted by atomic mass is 9.99. The van der Waals surface area contributed by atoms with Crippen LogP contribution >= 0.6 is 0 Å². The topological polar surface area (TPSA) is 66.5 Å². The highest BCUT2D eigenvalue weighted by Gasteiger charge is 2.28. The molecule has 0 heterocycles. The van der Waals surface area contributed by atoms with Crippen molar-refractivity contribution in [1.29, 1.82) is 0 Å². The van der Waals surface area contributed by atoms with Gasteiger partial charge in [0.15, 0.2) is 0 Å². The largest absolute Gasteiger partial charge is 0.354 e. The first kappa shape index (κ1) is 23.9. The van der Waals surface area contributed by atoms with Gasteiger partial charge in [-0.05, 0) is 55.5 Å². The second-order valence-electron chi connectivity index (χ2n) is 7.76. The van der Waals surface area contributed by atoms with Crippen LogP contribution in [0, 0.1) is 19.8 Å². The Labute approximate surface area is 181 Å². The summed E-state index contributed by atoms with van der Waals surface area (Å²) in [4.78, 5) is 13.0. The molecule has 2 aromatic rings. The number of amides is 1. The van der Waals surface area contributed by atoms with Crippen LogP contribution in [0.25, 0.3) is 0 Å². The second-order valence-corrected chi connectivity index (χ2v) is 9.63. The van der Waals surface area contributed by atoms with Gasteiger partial charge in [0.05, 0.1) is 10.6 Å². The van der Waals surface area contributed by atoms with Gasteiger partial charge in [-0.15, -0.1) is 0 Å². The molecular formula is C24H34N2O3S. The highest BCUT2D eigenvalue weighted by atomic mass is 32.2. The Bertz CT molecular complexity index is 927.